The van der Waals surface area contributed by atoms with Crippen LogP contribution in [0.5, 0.6) is 0 Å². The molecular formula is C11H12BrFN4O3. The van der Waals surface area contributed by atoms with Crippen molar-refractivity contribution in [2.45, 2.75) is 6.04 Å². The van der Waals surface area contributed by atoms with Crippen LogP contribution in [-0.4, -0.2) is 36.5 Å². The maximum absolute atomic E-state index is 13.7. The molecule has 7 nitrogen and oxygen atoms in total. The number of rotatable bonds is 3. The lowest BCUT2D eigenvalue weighted by Crippen LogP contribution is -2.57. The van der Waals surface area contributed by atoms with Crippen LogP contribution in [0.2, 0.25) is 0 Å². The summed E-state index contributed by atoms with van der Waals surface area (Å²) >= 11 is 2.91. The van der Waals surface area contributed by atoms with E-state index in [2.05, 4.69) is 21.2 Å². The van der Waals surface area contributed by atoms with Crippen molar-refractivity contribution in [2.24, 2.45) is 5.73 Å². The van der Waals surface area contributed by atoms with Crippen molar-refractivity contribution in [1.29, 1.82) is 0 Å². The van der Waals surface area contributed by atoms with E-state index in [0.717, 1.165) is 12.1 Å². The molecular weight excluding hydrogens is 335 g/mol. The lowest BCUT2D eigenvalue weighted by molar-refractivity contribution is -0.384. The predicted octanol–water partition coefficient (Wildman–Crippen LogP) is 0.760. The van der Waals surface area contributed by atoms with E-state index in [4.69, 9.17) is 5.73 Å². The summed E-state index contributed by atoms with van der Waals surface area (Å²) in [4.78, 5) is 23.4. The Morgan fingerprint density at radius 1 is 1.60 bits per heavy atom. The average molecular weight is 347 g/mol. The Labute approximate surface area is 122 Å². The van der Waals surface area contributed by atoms with E-state index >= 15 is 0 Å². The van der Waals surface area contributed by atoms with Gasteiger partial charge in [0.1, 0.15) is 17.5 Å². The van der Waals surface area contributed by atoms with Crippen LogP contribution in [-0.2, 0) is 4.79 Å². The van der Waals surface area contributed by atoms with Crippen molar-refractivity contribution in [1.82, 2.24) is 5.32 Å². The molecule has 0 aromatic heterocycles. The van der Waals surface area contributed by atoms with Crippen LogP contribution < -0.4 is 16.0 Å². The molecule has 1 aliphatic rings. The van der Waals surface area contributed by atoms with Crippen molar-refractivity contribution in [2.75, 3.05) is 24.5 Å². The Hall–Kier alpha value is -1.74. The number of nitro groups is 1. The van der Waals surface area contributed by atoms with Gasteiger partial charge in [-0.3, -0.25) is 14.9 Å². The van der Waals surface area contributed by atoms with Crippen LogP contribution in [0.4, 0.5) is 15.8 Å². The maximum atomic E-state index is 13.7. The molecule has 1 amide bonds. The number of nitro benzene ring substituents is 1. The molecule has 0 spiro atoms. The molecule has 0 saturated carbocycles. The molecule has 1 aliphatic heterocycles. The standard InChI is InChI=1S/C11H12BrFN4O3/c12-6-3-9(17(19)20)8(4-7(6)13)16-2-1-15-5-10(16)11(14)18/h3-4,10,15H,1-2,5H2,(H2,14,18). The Bertz CT molecular complexity index is 569. The van der Waals surface area contributed by atoms with E-state index in [1.807, 2.05) is 0 Å². The second-order valence-electron chi connectivity index (χ2n) is 4.33. The monoisotopic (exact) mass is 346 g/mol. The molecule has 1 fully saturated rings. The second kappa shape index (κ2) is 5.71. The first-order valence-corrected chi connectivity index (χ1v) is 6.61. The molecule has 20 heavy (non-hydrogen) atoms. The Kier molecular flexibility index (Phi) is 4.19. The molecule has 1 saturated heterocycles. The number of nitrogens with zero attached hydrogens (tertiary/aromatic N) is 2. The van der Waals surface area contributed by atoms with Crippen LogP contribution in [0.15, 0.2) is 16.6 Å². The van der Waals surface area contributed by atoms with Gasteiger partial charge in [-0.15, -0.1) is 0 Å². The summed E-state index contributed by atoms with van der Waals surface area (Å²) in [6, 6.07) is 1.39. The largest absolute Gasteiger partial charge is 0.368 e. The van der Waals surface area contributed by atoms with Crippen molar-refractivity contribution in [3.8, 4) is 0 Å². The zero-order valence-electron chi connectivity index (χ0n) is 10.3. The topological polar surface area (TPSA) is 102 Å². The molecule has 0 radical (unpaired) electrons. The molecule has 2 rings (SSSR count). The van der Waals surface area contributed by atoms with Crippen LogP contribution >= 0.6 is 15.9 Å². The molecule has 1 aromatic carbocycles. The highest BCUT2D eigenvalue weighted by atomic mass is 79.9. The molecule has 0 bridgehead atoms. The molecule has 108 valence electrons. The smallest absolute Gasteiger partial charge is 0.293 e. The van der Waals surface area contributed by atoms with Crippen molar-refractivity contribution >= 4 is 33.2 Å². The number of anilines is 1. The number of piperazine rings is 1. The number of benzene rings is 1. The van der Waals surface area contributed by atoms with Gasteiger partial charge in [-0.1, -0.05) is 0 Å². The molecule has 1 unspecified atom stereocenters. The van der Waals surface area contributed by atoms with E-state index < -0.39 is 22.7 Å². The lowest BCUT2D eigenvalue weighted by atomic mass is 10.1. The Morgan fingerprint density at radius 3 is 2.90 bits per heavy atom. The number of hydrogen-bond donors (Lipinski definition) is 2. The van der Waals surface area contributed by atoms with E-state index in [0.29, 0.717) is 13.1 Å². The number of amides is 1. The van der Waals surface area contributed by atoms with Gasteiger partial charge in [-0.25, -0.2) is 4.39 Å². The average Bonchev–Trinajstić information content (AvgIpc) is 2.41. The van der Waals surface area contributed by atoms with Crippen LogP contribution in [0.3, 0.4) is 0 Å². The SMILES string of the molecule is NC(=O)C1CNCCN1c1cc(F)c(Br)cc1[N+](=O)[O-]. The van der Waals surface area contributed by atoms with Crippen LogP contribution in [0.25, 0.3) is 0 Å². The van der Waals surface area contributed by atoms with Gasteiger partial charge in [0.15, 0.2) is 0 Å². The molecule has 0 aliphatic carbocycles. The number of hydrogen-bond acceptors (Lipinski definition) is 5. The van der Waals surface area contributed by atoms with Gasteiger partial charge >= 0.3 is 0 Å². The number of carbonyl (C=O) groups is 1. The van der Waals surface area contributed by atoms with Crippen molar-refractivity contribution in [3.63, 3.8) is 0 Å². The highest BCUT2D eigenvalue weighted by Gasteiger charge is 2.32. The second-order valence-corrected chi connectivity index (χ2v) is 5.18. The van der Waals surface area contributed by atoms with Gasteiger partial charge in [0.2, 0.25) is 5.91 Å². The quantitative estimate of drug-likeness (QED) is 0.621. The van der Waals surface area contributed by atoms with Crippen LogP contribution in [0.1, 0.15) is 0 Å². The fraction of sp³-hybridized carbons (Fsp3) is 0.364. The highest BCUT2D eigenvalue weighted by Crippen LogP contribution is 2.34. The predicted molar refractivity (Wildman–Crippen MR) is 74.0 cm³/mol. The summed E-state index contributed by atoms with van der Waals surface area (Å²) in [5.74, 6) is -1.25. The summed E-state index contributed by atoms with van der Waals surface area (Å²) in [6.45, 7) is 1.12. The van der Waals surface area contributed by atoms with Gasteiger partial charge < -0.3 is 16.0 Å². The van der Waals surface area contributed by atoms with E-state index in [-0.39, 0.29) is 22.4 Å². The minimum Gasteiger partial charge on any atom is -0.368 e. The number of nitrogens with one attached hydrogen (secondary N) is 1. The first-order chi connectivity index (χ1) is 9.41. The summed E-state index contributed by atoms with van der Waals surface area (Å²) in [6.07, 6.45) is 0. The van der Waals surface area contributed by atoms with Gasteiger partial charge in [0.05, 0.1) is 9.40 Å². The zero-order valence-corrected chi connectivity index (χ0v) is 11.9. The van der Waals surface area contributed by atoms with Gasteiger partial charge in [-0.05, 0) is 15.9 Å². The van der Waals surface area contributed by atoms with Gasteiger partial charge in [-0.2, -0.15) is 0 Å². The first kappa shape index (κ1) is 14.7. The minimum atomic E-state index is -0.747. The maximum Gasteiger partial charge on any atom is 0.293 e. The fourth-order valence-electron chi connectivity index (χ4n) is 2.15. The summed E-state index contributed by atoms with van der Waals surface area (Å²) < 4.78 is 13.7. The number of primary amides is 1. The minimum absolute atomic E-state index is 0.00119. The summed E-state index contributed by atoms with van der Waals surface area (Å²) in [7, 11) is 0. The third kappa shape index (κ3) is 2.73. The Morgan fingerprint density at radius 2 is 2.30 bits per heavy atom. The normalized spacial score (nSPS) is 18.9. The Balaban J connectivity index is 2.51. The van der Waals surface area contributed by atoms with Gasteiger partial charge in [0.25, 0.3) is 5.69 Å². The van der Waals surface area contributed by atoms with Crippen molar-refractivity contribution < 1.29 is 14.1 Å². The third-order valence-corrected chi connectivity index (χ3v) is 3.70. The fourth-order valence-corrected chi connectivity index (χ4v) is 2.48. The van der Waals surface area contributed by atoms with E-state index in [1.165, 1.54) is 4.90 Å². The lowest BCUT2D eigenvalue weighted by Gasteiger charge is -2.35. The summed E-state index contributed by atoms with van der Waals surface area (Å²) in [5, 5.41) is 14.1. The highest BCUT2D eigenvalue weighted by molar-refractivity contribution is 9.10. The van der Waals surface area contributed by atoms with Crippen LogP contribution in [0, 0.1) is 15.9 Å². The first-order valence-electron chi connectivity index (χ1n) is 5.82. The third-order valence-electron chi connectivity index (χ3n) is 3.10. The molecule has 1 aromatic rings. The number of carbonyl (C=O) groups excluding carboxylic acids is 1. The zero-order chi connectivity index (χ0) is 14.9. The van der Waals surface area contributed by atoms with E-state index in [9.17, 15) is 19.3 Å². The van der Waals surface area contributed by atoms with Crippen molar-refractivity contribution in [3.05, 3.63) is 32.5 Å². The number of halogens is 2. The molecule has 1 atom stereocenters. The molecule has 9 heteroatoms. The van der Waals surface area contributed by atoms with E-state index in [1.54, 1.807) is 0 Å². The summed E-state index contributed by atoms with van der Waals surface area (Å²) in [5.41, 5.74) is 5.08. The molecule has 3 N–H and O–H groups in total. The molecule has 1 heterocycles. The number of nitrogens with two attached hydrogens (primary N) is 1. The van der Waals surface area contributed by atoms with Gasteiger partial charge in [0, 0.05) is 31.8 Å².